The largest absolute Gasteiger partial charge is 0.415 e. The van der Waals surface area contributed by atoms with Crippen molar-refractivity contribution in [1.29, 1.82) is 0 Å². The van der Waals surface area contributed by atoms with Crippen LogP contribution in [0.3, 0.4) is 0 Å². The summed E-state index contributed by atoms with van der Waals surface area (Å²) in [6.45, 7) is 13.8. The van der Waals surface area contributed by atoms with Crippen molar-refractivity contribution in [2.45, 2.75) is 58.0 Å². The van der Waals surface area contributed by atoms with E-state index < -0.39 is 8.32 Å². The first-order valence-corrected chi connectivity index (χ1v) is 15.0. The van der Waals surface area contributed by atoms with Crippen molar-refractivity contribution in [3.8, 4) is 0 Å². The predicted octanol–water partition coefficient (Wildman–Crippen LogP) is 6.04. The maximum Gasteiger partial charge on any atom is 0.322 e. The third-order valence-corrected chi connectivity index (χ3v) is 11.5. The summed E-state index contributed by atoms with van der Waals surface area (Å²) in [4.78, 5) is 22.4. The number of nitrogens with zero attached hydrogens (tertiary/aromatic N) is 6. The van der Waals surface area contributed by atoms with Crippen LogP contribution in [0, 0.1) is 0 Å². The molecule has 0 bridgehead atoms. The number of hydrogen-bond acceptors (Lipinski definition) is 4. The minimum atomic E-state index is -2.00. The molecule has 0 spiro atoms. The molecule has 1 saturated heterocycles. The summed E-state index contributed by atoms with van der Waals surface area (Å²) in [5.74, 6) is 0. The highest BCUT2D eigenvalue weighted by Crippen LogP contribution is 2.36. The Hall–Kier alpha value is -2.84. The maximum atomic E-state index is 13.5. The van der Waals surface area contributed by atoms with Gasteiger partial charge in [-0.2, -0.15) is 0 Å². The normalized spacial score (nSPS) is 16.2. The van der Waals surface area contributed by atoms with Gasteiger partial charge < -0.3 is 14.2 Å². The van der Waals surface area contributed by atoms with E-state index in [2.05, 4.69) is 48.8 Å². The number of benzene rings is 2. The number of amides is 2. The lowest BCUT2D eigenvalue weighted by atomic mass is 10.2. The van der Waals surface area contributed by atoms with E-state index in [-0.39, 0.29) is 23.7 Å². The van der Waals surface area contributed by atoms with Gasteiger partial charge in [0.25, 0.3) is 0 Å². The summed E-state index contributed by atoms with van der Waals surface area (Å²) in [7, 11) is -2.00. The van der Waals surface area contributed by atoms with Crippen LogP contribution in [0.15, 0.2) is 65.8 Å². The van der Waals surface area contributed by atoms with Gasteiger partial charge in [-0.15, -0.1) is 0 Å². The second-order valence-electron chi connectivity index (χ2n) is 10.7. The Morgan fingerprint density at radius 1 is 0.971 bits per heavy atom. The van der Waals surface area contributed by atoms with Gasteiger partial charge in [0, 0.05) is 37.2 Å². The van der Waals surface area contributed by atoms with E-state index in [1.54, 1.807) is 0 Å². The second-order valence-corrected chi connectivity index (χ2v) is 15.5. The van der Waals surface area contributed by atoms with E-state index in [0.717, 1.165) is 11.1 Å². The summed E-state index contributed by atoms with van der Waals surface area (Å²) in [6, 6.07) is 19.9. The summed E-state index contributed by atoms with van der Waals surface area (Å²) < 4.78 is 6.53. The van der Waals surface area contributed by atoms with Crippen molar-refractivity contribution in [1.82, 2.24) is 14.7 Å². The molecule has 3 rings (SSSR count). The Morgan fingerprint density at radius 3 is 1.89 bits per heavy atom. The van der Waals surface area contributed by atoms with Gasteiger partial charge in [0.2, 0.25) is 0 Å². The lowest BCUT2D eigenvalue weighted by Crippen LogP contribution is -2.61. The van der Waals surface area contributed by atoms with Crippen LogP contribution in [-0.2, 0) is 17.5 Å². The molecular formula is C26H38N6O2Si. The van der Waals surface area contributed by atoms with Gasteiger partial charge in [0.05, 0.1) is 13.3 Å². The van der Waals surface area contributed by atoms with Crippen molar-refractivity contribution in [2.75, 3.05) is 26.5 Å². The number of carbonyl (C=O) groups is 1. The van der Waals surface area contributed by atoms with Crippen LogP contribution in [0.4, 0.5) is 4.79 Å². The minimum Gasteiger partial charge on any atom is -0.415 e. The number of azide groups is 1. The fraction of sp³-hybridized carbons (Fsp3) is 0.500. The van der Waals surface area contributed by atoms with Gasteiger partial charge in [0.1, 0.15) is 0 Å². The first kappa shape index (κ1) is 26.8. The Kier molecular flexibility index (Phi) is 8.96. The lowest BCUT2D eigenvalue weighted by Gasteiger charge is -2.46. The van der Waals surface area contributed by atoms with Crippen LogP contribution in [0.5, 0.6) is 0 Å². The first-order valence-electron chi connectivity index (χ1n) is 12.1. The molecule has 2 aromatic carbocycles. The molecule has 188 valence electrons. The molecule has 2 aromatic rings. The molecule has 0 radical (unpaired) electrons. The average Bonchev–Trinajstić information content (AvgIpc) is 2.82. The molecule has 35 heavy (non-hydrogen) atoms. The fourth-order valence-corrected chi connectivity index (χ4v) is 4.85. The van der Waals surface area contributed by atoms with Gasteiger partial charge in [-0.3, -0.25) is 4.90 Å². The van der Waals surface area contributed by atoms with Crippen LogP contribution in [0.25, 0.3) is 10.4 Å². The zero-order valence-corrected chi connectivity index (χ0v) is 22.6. The summed E-state index contributed by atoms with van der Waals surface area (Å²) in [6.07, 6.45) is 0. The second kappa shape index (κ2) is 11.7. The zero-order valence-electron chi connectivity index (χ0n) is 21.6. The van der Waals surface area contributed by atoms with Crippen LogP contribution in [0.2, 0.25) is 18.1 Å². The van der Waals surface area contributed by atoms with E-state index in [9.17, 15) is 4.79 Å². The van der Waals surface area contributed by atoms with Crippen molar-refractivity contribution >= 4 is 14.3 Å². The first-order chi connectivity index (χ1) is 16.6. The number of carbonyl (C=O) groups excluding carboxylic acids is 1. The van der Waals surface area contributed by atoms with Crippen molar-refractivity contribution in [2.24, 2.45) is 5.11 Å². The monoisotopic (exact) mass is 494 g/mol. The number of urea groups is 1. The predicted molar refractivity (Wildman–Crippen MR) is 142 cm³/mol. The molecule has 1 fully saturated rings. The highest BCUT2D eigenvalue weighted by Gasteiger charge is 2.39. The molecular weight excluding hydrogens is 456 g/mol. The molecule has 1 atom stereocenters. The molecule has 1 heterocycles. The number of rotatable bonds is 10. The zero-order chi connectivity index (χ0) is 25.5. The highest BCUT2D eigenvalue weighted by atomic mass is 28.4. The van der Waals surface area contributed by atoms with Gasteiger partial charge in [-0.1, -0.05) is 86.5 Å². The molecule has 1 aliphatic rings. The third kappa shape index (κ3) is 7.32. The van der Waals surface area contributed by atoms with Gasteiger partial charge in [0.15, 0.2) is 8.32 Å². The summed E-state index contributed by atoms with van der Waals surface area (Å²) >= 11 is 0. The van der Waals surface area contributed by atoms with E-state index in [1.165, 1.54) is 0 Å². The van der Waals surface area contributed by atoms with Gasteiger partial charge >= 0.3 is 6.03 Å². The minimum absolute atomic E-state index is 0.00167. The molecule has 0 saturated carbocycles. The van der Waals surface area contributed by atoms with Gasteiger partial charge in [-0.25, -0.2) is 4.79 Å². The maximum absolute atomic E-state index is 13.5. The van der Waals surface area contributed by atoms with E-state index >= 15 is 0 Å². The Balaban J connectivity index is 1.84. The molecule has 0 N–H and O–H groups in total. The summed E-state index contributed by atoms with van der Waals surface area (Å²) in [5, 5.41) is 3.98. The van der Waals surface area contributed by atoms with Crippen LogP contribution >= 0.6 is 0 Å². The van der Waals surface area contributed by atoms with Crippen LogP contribution in [-0.4, -0.2) is 61.6 Å². The number of hydrogen-bond donors (Lipinski definition) is 0. The Bertz CT molecular complexity index is 952. The lowest BCUT2D eigenvalue weighted by molar-refractivity contribution is -0.00775. The standard InChI is InChI=1S/C26H38N6O2Si/c1-26(2,3)35(4,5)34-19-24(16-28-29-27)32-20-30(17-22-12-8-6-9-13-22)25(33)31(21-32)18-23-14-10-7-11-15-23/h6-15,24H,16-21H2,1-5H3/t24-/m0/s1. The van der Waals surface area contributed by atoms with Crippen molar-refractivity contribution in [3.05, 3.63) is 82.2 Å². The van der Waals surface area contributed by atoms with Crippen LogP contribution < -0.4 is 0 Å². The van der Waals surface area contributed by atoms with Crippen molar-refractivity contribution < 1.29 is 9.22 Å². The Morgan fingerprint density at radius 2 is 1.46 bits per heavy atom. The molecule has 0 unspecified atom stereocenters. The smallest absolute Gasteiger partial charge is 0.322 e. The topological polar surface area (TPSA) is 84.8 Å². The van der Waals surface area contributed by atoms with Crippen molar-refractivity contribution in [3.63, 3.8) is 0 Å². The van der Waals surface area contributed by atoms with E-state index in [0.29, 0.717) is 33.0 Å². The molecule has 1 aliphatic heterocycles. The summed E-state index contributed by atoms with van der Waals surface area (Å²) in [5.41, 5.74) is 11.2. The van der Waals surface area contributed by atoms with E-state index in [4.69, 9.17) is 9.96 Å². The molecule has 2 amide bonds. The third-order valence-electron chi connectivity index (χ3n) is 6.99. The highest BCUT2D eigenvalue weighted by molar-refractivity contribution is 6.74. The van der Waals surface area contributed by atoms with E-state index in [1.807, 2.05) is 70.5 Å². The molecule has 0 aromatic heterocycles. The molecule has 8 nitrogen and oxygen atoms in total. The molecule has 9 heteroatoms. The average molecular weight is 495 g/mol. The van der Waals surface area contributed by atoms with Crippen LogP contribution in [0.1, 0.15) is 31.9 Å². The quantitative estimate of drug-likeness (QED) is 0.175. The fourth-order valence-electron chi connectivity index (χ4n) is 3.80. The van der Waals surface area contributed by atoms with Gasteiger partial charge in [-0.05, 0) is 34.8 Å². The SMILES string of the molecule is CC(C)(C)[Si](C)(C)OC[C@H](CN=[N+]=[N-])N1CN(Cc2ccccc2)C(=O)N(Cc2ccccc2)C1. The Labute approximate surface area is 210 Å². The molecule has 0 aliphatic carbocycles.